The molecule has 0 spiro atoms. The lowest BCUT2D eigenvalue weighted by molar-refractivity contribution is -0.141. The zero-order valence-electron chi connectivity index (χ0n) is 15.0. The van der Waals surface area contributed by atoms with Crippen LogP contribution in [-0.4, -0.2) is 57.8 Å². The van der Waals surface area contributed by atoms with Crippen LogP contribution in [0.2, 0.25) is 0 Å². The van der Waals surface area contributed by atoms with Crippen molar-refractivity contribution in [2.45, 2.75) is 37.4 Å². The molecule has 0 fully saturated rings. The third kappa shape index (κ3) is 7.84. The first-order valence-electron chi connectivity index (χ1n) is 8.40. The molecule has 3 atom stereocenters. The van der Waals surface area contributed by atoms with Crippen LogP contribution in [0.4, 0.5) is 0 Å². The Labute approximate surface area is 167 Å². The maximum atomic E-state index is 12.5. The zero-order valence-corrected chi connectivity index (χ0v) is 15.9. The van der Waals surface area contributed by atoms with Gasteiger partial charge in [0.05, 0.1) is 6.04 Å². The molecule has 0 aromatic heterocycles. The van der Waals surface area contributed by atoms with E-state index in [0.29, 0.717) is 5.56 Å². The molecule has 11 heteroatoms. The van der Waals surface area contributed by atoms with Crippen LogP contribution in [0.25, 0.3) is 0 Å². The summed E-state index contributed by atoms with van der Waals surface area (Å²) in [5, 5.41) is 23.2. The lowest BCUT2D eigenvalue weighted by atomic mass is 10.0. The molecule has 3 unspecified atom stereocenters. The second-order valence-electron chi connectivity index (χ2n) is 6.13. The molecule has 1 aromatic rings. The van der Waals surface area contributed by atoms with E-state index >= 15 is 0 Å². The molecule has 0 saturated carbocycles. The summed E-state index contributed by atoms with van der Waals surface area (Å²) in [5.74, 6) is -3.40. The highest BCUT2D eigenvalue weighted by Gasteiger charge is 2.27. The van der Waals surface area contributed by atoms with Crippen LogP contribution in [0.3, 0.4) is 0 Å². The van der Waals surface area contributed by atoms with Crippen molar-refractivity contribution in [2.75, 3.05) is 5.75 Å². The minimum absolute atomic E-state index is 0.00308. The summed E-state index contributed by atoms with van der Waals surface area (Å²) in [4.78, 5) is 46.7. The van der Waals surface area contributed by atoms with Crippen molar-refractivity contribution in [2.24, 2.45) is 11.5 Å². The largest absolute Gasteiger partial charge is 0.508 e. The van der Waals surface area contributed by atoms with E-state index in [2.05, 4.69) is 23.3 Å². The fourth-order valence-corrected chi connectivity index (χ4v) is 2.49. The molecule has 0 heterocycles. The number of phenols is 1. The standard InChI is InChI=1S/C17H24N4O6S/c18-11(5-6-14(19)23)15(24)20-12(7-9-1-3-10(22)4-2-9)16(25)21-13(8-28)17(26)27/h1-4,11-13,22,28H,5-8,18H2,(H2,19,23)(H,20,24)(H,21,25)(H,26,27). The van der Waals surface area contributed by atoms with Crippen molar-refractivity contribution in [3.8, 4) is 5.75 Å². The number of thiol groups is 1. The molecule has 0 bridgehead atoms. The molecule has 1 aromatic carbocycles. The molecule has 0 radical (unpaired) electrons. The molecular formula is C17H24N4O6S. The molecule has 10 nitrogen and oxygen atoms in total. The molecule has 28 heavy (non-hydrogen) atoms. The summed E-state index contributed by atoms with van der Waals surface area (Å²) in [6.07, 6.45) is -0.0629. The number of nitrogens with two attached hydrogens (primary N) is 2. The first kappa shape index (κ1) is 23.2. The number of primary amides is 1. The Balaban J connectivity index is 2.91. The lowest BCUT2D eigenvalue weighted by Gasteiger charge is -2.22. The van der Waals surface area contributed by atoms with Crippen molar-refractivity contribution < 1.29 is 29.4 Å². The molecule has 1 rings (SSSR count). The van der Waals surface area contributed by atoms with Gasteiger partial charge in [-0.2, -0.15) is 12.6 Å². The van der Waals surface area contributed by atoms with Crippen molar-refractivity contribution in [1.29, 1.82) is 0 Å². The fraction of sp³-hybridized carbons (Fsp3) is 0.412. The molecule has 0 aliphatic heterocycles. The highest BCUT2D eigenvalue weighted by molar-refractivity contribution is 7.80. The number of benzene rings is 1. The predicted octanol–water partition coefficient (Wildman–Crippen LogP) is -1.49. The van der Waals surface area contributed by atoms with Crippen molar-refractivity contribution >= 4 is 36.3 Å². The van der Waals surface area contributed by atoms with E-state index in [0.717, 1.165) is 0 Å². The summed E-state index contributed by atoms with van der Waals surface area (Å²) in [6.45, 7) is 0. The van der Waals surface area contributed by atoms with Crippen LogP contribution >= 0.6 is 12.6 Å². The number of aromatic hydroxyl groups is 1. The maximum absolute atomic E-state index is 12.5. The van der Waals surface area contributed by atoms with Gasteiger partial charge in [-0.3, -0.25) is 14.4 Å². The molecule has 8 N–H and O–H groups in total. The summed E-state index contributed by atoms with van der Waals surface area (Å²) >= 11 is 3.88. The van der Waals surface area contributed by atoms with Gasteiger partial charge in [0.1, 0.15) is 17.8 Å². The van der Waals surface area contributed by atoms with Crippen molar-refractivity contribution in [3.05, 3.63) is 29.8 Å². The number of amides is 3. The quantitative estimate of drug-likeness (QED) is 0.216. The zero-order chi connectivity index (χ0) is 21.3. The van der Waals surface area contributed by atoms with Gasteiger partial charge in [0.15, 0.2) is 0 Å². The van der Waals surface area contributed by atoms with E-state index in [1.807, 2.05) is 0 Å². The first-order valence-corrected chi connectivity index (χ1v) is 9.03. The average Bonchev–Trinajstić information content (AvgIpc) is 2.64. The third-order valence-electron chi connectivity index (χ3n) is 3.84. The number of carboxylic acid groups (broad SMARTS) is 1. The third-order valence-corrected chi connectivity index (χ3v) is 4.21. The van der Waals surface area contributed by atoms with E-state index in [1.165, 1.54) is 12.1 Å². The van der Waals surface area contributed by atoms with Gasteiger partial charge in [-0.05, 0) is 24.1 Å². The number of hydrogen-bond donors (Lipinski definition) is 7. The highest BCUT2D eigenvalue weighted by atomic mass is 32.1. The summed E-state index contributed by atoms with van der Waals surface area (Å²) in [6, 6.07) is 2.51. The fourth-order valence-electron chi connectivity index (χ4n) is 2.24. The number of phenolic OH excluding ortho intramolecular Hbond substituents is 1. The van der Waals surface area contributed by atoms with E-state index in [4.69, 9.17) is 16.6 Å². The molecule has 154 valence electrons. The van der Waals surface area contributed by atoms with Gasteiger partial charge < -0.3 is 32.3 Å². The van der Waals surface area contributed by atoms with Crippen LogP contribution < -0.4 is 22.1 Å². The summed E-state index contributed by atoms with van der Waals surface area (Å²) in [5.41, 5.74) is 11.4. The van der Waals surface area contributed by atoms with Crippen molar-refractivity contribution in [1.82, 2.24) is 10.6 Å². The van der Waals surface area contributed by atoms with Gasteiger partial charge in [-0.15, -0.1) is 0 Å². The van der Waals surface area contributed by atoms with Crippen LogP contribution in [0, 0.1) is 0 Å². The smallest absolute Gasteiger partial charge is 0.327 e. The summed E-state index contributed by atoms with van der Waals surface area (Å²) in [7, 11) is 0. The van der Waals surface area contributed by atoms with Gasteiger partial charge in [0, 0.05) is 18.6 Å². The van der Waals surface area contributed by atoms with Crippen LogP contribution in [0.15, 0.2) is 24.3 Å². The van der Waals surface area contributed by atoms with Gasteiger partial charge in [-0.25, -0.2) is 4.79 Å². The molecule has 0 aliphatic rings. The first-order chi connectivity index (χ1) is 13.1. The lowest BCUT2D eigenvalue weighted by Crippen LogP contribution is -2.55. The van der Waals surface area contributed by atoms with Crippen LogP contribution in [0.5, 0.6) is 5.75 Å². The minimum atomic E-state index is -1.27. The Hall–Kier alpha value is -2.79. The maximum Gasteiger partial charge on any atom is 0.327 e. The number of carboxylic acids is 1. The Morgan fingerprint density at radius 1 is 1.04 bits per heavy atom. The second-order valence-corrected chi connectivity index (χ2v) is 6.49. The van der Waals surface area contributed by atoms with Crippen LogP contribution in [0.1, 0.15) is 18.4 Å². The highest BCUT2D eigenvalue weighted by Crippen LogP contribution is 2.12. The van der Waals surface area contributed by atoms with Gasteiger partial charge >= 0.3 is 5.97 Å². The average molecular weight is 412 g/mol. The van der Waals surface area contributed by atoms with Crippen molar-refractivity contribution in [3.63, 3.8) is 0 Å². The monoisotopic (exact) mass is 412 g/mol. The van der Waals surface area contributed by atoms with E-state index in [1.54, 1.807) is 12.1 Å². The molecule has 0 saturated heterocycles. The number of carbonyl (C=O) groups excluding carboxylic acids is 3. The van der Waals surface area contributed by atoms with Gasteiger partial charge in [-0.1, -0.05) is 12.1 Å². The number of nitrogens with one attached hydrogen (secondary N) is 2. The van der Waals surface area contributed by atoms with E-state index < -0.39 is 41.8 Å². The second kappa shape index (κ2) is 11.1. The predicted molar refractivity (Wildman–Crippen MR) is 104 cm³/mol. The SMILES string of the molecule is NC(=O)CCC(N)C(=O)NC(Cc1ccc(O)cc1)C(=O)NC(CS)C(=O)O. The topological polar surface area (TPSA) is 185 Å². The molecular weight excluding hydrogens is 388 g/mol. The number of rotatable bonds is 11. The number of aliphatic carboxylic acids is 1. The molecule has 3 amide bonds. The number of carbonyl (C=O) groups is 4. The normalized spacial score (nSPS) is 13.8. The van der Waals surface area contributed by atoms with E-state index in [9.17, 15) is 24.3 Å². The minimum Gasteiger partial charge on any atom is -0.508 e. The van der Waals surface area contributed by atoms with E-state index in [-0.39, 0.29) is 30.8 Å². The van der Waals surface area contributed by atoms with Gasteiger partial charge in [0.2, 0.25) is 17.7 Å². The molecule has 0 aliphatic carbocycles. The Bertz CT molecular complexity index is 712. The number of hydrogen-bond acceptors (Lipinski definition) is 7. The van der Waals surface area contributed by atoms with Gasteiger partial charge in [0.25, 0.3) is 0 Å². The Kier molecular flexibility index (Phi) is 9.25. The van der Waals surface area contributed by atoms with Crippen LogP contribution in [-0.2, 0) is 25.6 Å². The summed E-state index contributed by atoms with van der Waals surface area (Å²) < 4.78 is 0. The Morgan fingerprint density at radius 2 is 1.61 bits per heavy atom. The Morgan fingerprint density at radius 3 is 2.11 bits per heavy atom.